The third-order valence-corrected chi connectivity index (χ3v) is 4.51. The van der Waals surface area contributed by atoms with E-state index in [4.69, 9.17) is 4.74 Å². The number of ether oxygens (including phenoxy) is 1. The van der Waals surface area contributed by atoms with Gasteiger partial charge in [0.25, 0.3) is 0 Å². The van der Waals surface area contributed by atoms with Crippen LogP contribution in [0.2, 0.25) is 0 Å². The fourth-order valence-corrected chi connectivity index (χ4v) is 2.68. The van der Waals surface area contributed by atoms with Crippen LogP contribution in [0.5, 0.6) is 5.75 Å². The fraction of sp³-hybridized carbons (Fsp3) is 0.278. The standard InChI is InChI=1S/C18H18F3NO5S/c1-13(22-17(23)26-12-15-5-3-2-4-6-15)11-14-7-9-16(10-8-14)27-28(24,25)18(19,20)21/h2-10,13H,11-12H2,1H3,(H,22,23)/t13-/m1/s1. The van der Waals surface area contributed by atoms with E-state index in [1.54, 1.807) is 6.92 Å². The van der Waals surface area contributed by atoms with Crippen molar-refractivity contribution in [3.05, 3.63) is 65.7 Å². The molecule has 0 unspecified atom stereocenters. The van der Waals surface area contributed by atoms with Crippen LogP contribution in [0.25, 0.3) is 0 Å². The highest BCUT2D eigenvalue weighted by atomic mass is 32.2. The number of alkyl carbamates (subject to hydrolysis) is 1. The molecule has 0 heterocycles. The van der Waals surface area contributed by atoms with Gasteiger partial charge in [0.1, 0.15) is 12.4 Å². The molecule has 0 radical (unpaired) electrons. The van der Waals surface area contributed by atoms with E-state index < -0.39 is 27.5 Å². The Morgan fingerprint density at radius 2 is 1.64 bits per heavy atom. The molecule has 0 aliphatic carbocycles. The molecule has 0 fully saturated rings. The van der Waals surface area contributed by atoms with Gasteiger partial charge in [0, 0.05) is 6.04 Å². The van der Waals surface area contributed by atoms with Crippen LogP contribution in [-0.2, 0) is 27.9 Å². The summed E-state index contributed by atoms with van der Waals surface area (Å²) in [5.74, 6) is -0.455. The van der Waals surface area contributed by atoms with Crippen LogP contribution in [0.1, 0.15) is 18.1 Å². The second-order valence-electron chi connectivity index (χ2n) is 5.94. The van der Waals surface area contributed by atoms with Crippen LogP contribution in [0, 0.1) is 0 Å². The van der Waals surface area contributed by atoms with E-state index in [9.17, 15) is 26.4 Å². The summed E-state index contributed by atoms with van der Waals surface area (Å²) in [6, 6.07) is 13.9. The van der Waals surface area contributed by atoms with Crippen LogP contribution < -0.4 is 9.50 Å². The Bertz CT molecular complexity index is 884. The molecule has 28 heavy (non-hydrogen) atoms. The Morgan fingerprint density at radius 1 is 1.04 bits per heavy atom. The van der Waals surface area contributed by atoms with Gasteiger partial charge in [0.15, 0.2) is 0 Å². The van der Waals surface area contributed by atoms with Crippen LogP contribution >= 0.6 is 0 Å². The van der Waals surface area contributed by atoms with Gasteiger partial charge in [0.05, 0.1) is 0 Å². The molecule has 1 atom stereocenters. The Kier molecular flexibility index (Phi) is 6.90. The topological polar surface area (TPSA) is 81.7 Å². The van der Waals surface area contributed by atoms with Crippen LogP contribution in [0.15, 0.2) is 54.6 Å². The molecule has 0 saturated heterocycles. The van der Waals surface area contributed by atoms with E-state index in [0.717, 1.165) is 17.7 Å². The number of carbonyl (C=O) groups excluding carboxylic acids is 1. The maximum atomic E-state index is 12.3. The van der Waals surface area contributed by atoms with Crippen molar-refractivity contribution in [2.24, 2.45) is 0 Å². The van der Waals surface area contributed by atoms with Crippen molar-refractivity contribution in [3.8, 4) is 5.75 Å². The lowest BCUT2D eigenvalue weighted by Crippen LogP contribution is -2.34. The molecule has 0 aliphatic heterocycles. The van der Waals surface area contributed by atoms with Gasteiger partial charge in [0.2, 0.25) is 0 Å². The summed E-state index contributed by atoms with van der Waals surface area (Å²) in [6.07, 6.45) is -0.250. The first kappa shape index (κ1) is 21.5. The average Bonchev–Trinajstić information content (AvgIpc) is 2.61. The molecule has 0 aliphatic rings. The molecule has 0 bridgehead atoms. The van der Waals surface area contributed by atoms with Crippen molar-refractivity contribution >= 4 is 16.2 Å². The quantitative estimate of drug-likeness (QED) is 0.548. The van der Waals surface area contributed by atoms with Crippen molar-refractivity contribution in [2.45, 2.75) is 31.5 Å². The molecule has 1 amide bonds. The molecule has 1 N–H and O–H groups in total. The number of nitrogens with one attached hydrogen (secondary N) is 1. The molecular weight excluding hydrogens is 399 g/mol. The van der Waals surface area contributed by atoms with Crippen LogP contribution in [0.3, 0.4) is 0 Å². The predicted molar refractivity (Wildman–Crippen MR) is 95.0 cm³/mol. The van der Waals surface area contributed by atoms with E-state index in [0.29, 0.717) is 12.0 Å². The third kappa shape index (κ3) is 6.45. The monoisotopic (exact) mass is 417 g/mol. The lowest BCUT2D eigenvalue weighted by Gasteiger charge is -2.15. The minimum absolute atomic E-state index is 0.124. The first-order valence-electron chi connectivity index (χ1n) is 8.14. The molecular formula is C18H18F3NO5S. The van der Waals surface area contributed by atoms with Gasteiger partial charge in [-0.2, -0.15) is 21.6 Å². The number of amides is 1. The average molecular weight is 417 g/mol. The highest BCUT2D eigenvalue weighted by Crippen LogP contribution is 2.27. The van der Waals surface area contributed by atoms with Crippen LogP contribution in [0.4, 0.5) is 18.0 Å². The SMILES string of the molecule is C[C@H](Cc1ccc(OS(=O)(=O)C(F)(F)F)cc1)NC(=O)OCc1ccccc1. The zero-order valence-corrected chi connectivity index (χ0v) is 15.6. The highest BCUT2D eigenvalue weighted by Gasteiger charge is 2.48. The van der Waals surface area contributed by atoms with Crippen molar-refractivity contribution in [1.82, 2.24) is 5.32 Å². The second-order valence-corrected chi connectivity index (χ2v) is 7.48. The van der Waals surface area contributed by atoms with E-state index in [1.807, 2.05) is 30.3 Å². The molecule has 0 saturated carbocycles. The molecule has 6 nitrogen and oxygen atoms in total. The van der Waals surface area contributed by atoms with Gasteiger partial charge in [-0.3, -0.25) is 0 Å². The number of benzene rings is 2. The van der Waals surface area contributed by atoms with Crippen LogP contribution in [-0.4, -0.2) is 26.1 Å². The predicted octanol–water partition coefficient (Wildman–Crippen LogP) is 3.77. The lowest BCUT2D eigenvalue weighted by molar-refractivity contribution is -0.0500. The summed E-state index contributed by atoms with van der Waals surface area (Å²) in [6.45, 7) is 1.85. The number of rotatable bonds is 7. The summed E-state index contributed by atoms with van der Waals surface area (Å²) in [4.78, 5) is 11.8. The summed E-state index contributed by atoms with van der Waals surface area (Å²) in [5.41, 5.74) is -3.99. The zero-order valence-electron chi connectivity index (χ0n) is 14.8. The molecule has 2 aromatic carbocycles. The molecule has 152 valence electrons. The zero-order chi connectivity index (χ0) is 20.8. The number of hydrogen-bond acceptors (Lipinski definition) is 5. The van der Waals surface area contributed by atoms with E-state index in [1.165, 1.54) is 12.1 Å². The Morgan fingerprint density at radius 3 is 2.21 bits per heavy atom. The summed E-state index contributed by atoms with van der Waals surface area (Å²) in [7, 11) is -5.71. The highest BCUT2D eigenvalue weighted by molar-refractivity contribution is 7.88. The summed E-state index contributed by atoms with van der Waals surface area (Å²) >= 11 is 0. The maximum absolute atomic E-state index is 12.3. The van der Waals surface area contributed by atoms with Gasteiger partial charge in [-0.05, 0) is 36.6 Å². The summed E-state index contributed by atoms with van der Waals surface area (Å²) in [5, 5.41) is 2.63. The minimum Gasteiger partial charge on any atom is -0.445 e. The van der Waals surface area contributed by atoms with E-state index >= 15 is 0 Å². The summed E-state index contributed by atoms with van der Waals surface area (Å²) < 4.78 is 67.9. The van der Waals surface area contributed by atoms with Crippen molar-refractivity contribution in [2.75, 3.05) is 0 Å². The van der Waals surface area contributed by atoms with Crippen molar-refractivity contribution in [3.63, 3.8) is 0 Å². The lowest BCUT2D eigenvalue weighted by atomic mass is 10.1. The molecule has 0 spiro atoms. The van der Waals surface area contributed by atoms with Crippen molar-refractivity contribution < 1.29 is 35.3 Å². The Hall–Kier alpha value is -2.75. The molecule has 10 heteroatoms. The normalized spacial score (nSPS) is 12.9. The van der Waals surface area contributed by atoms with E-state index in [2.05, 4.69) is 9.50 Å². The molecule has 2 aromatic rings. The van der Waals surface area contributed by atoms with Gasteiger partial charge in [-0.1, -0.05) is 42.5 Å². The van der Waals surface area contributed by atoms with Gasteiger partial charge < -0.3 is 14.2 Å². The minimum atomic E-state index is -5.71. The number of halogens is 3. The number of carbonyl (C=O) groups is 1. The van der Waals surface area contributed by atoms with E-state index in [-0.39, 0.29) is 12.6 Å². The second kappa shape index (κ2) is 8.96. The number of alkyl halides is 3. The fourth-order valence-electron chi connectivity index (χ4n) is 2.23. The Balaban J connectivity index is 1.83. The van der Waals surface area contributed by atoms with Crippen molar-refractivity contribution in [1.29, 1.82) is 0 Å². The largest absolute Gasteiger partial charge is 0.534 e. The molecule has 2 rings (SSSR count). The number of hydrogen-bond donors (Lipinski definition) is 1. The first-order chi connectivity index (χ1) is 13.1. The maximum Gasteiger partial charge on any atom is 0.534 e. The molecule has 0 aromatic heterocycles. The van der Waals surface area contributed by atoms with Gasteiger partial charge in [-0.15, -0.1) is 0 Å². The van der Waals surface area contributed by atoms with Gasteiger partial charge >= 0.3 is 21.7 Å². The Labute approximate surface area is 160 Å². The smallest absolute Gasteiger partial charge is 0.445 e. The first-order valence-corrected chi connectivity index (χ1v) is 9.54. The van der Waals surface area contributed by atoms with Gasteiger partial charge in [-0.25, -0.2) is 4.79 Å². The third-order valence-electron chi connectivity index (χ3n) is 3.53.